The molecule has 0 aliphatic heterocycles. The van der Waals surface area contributed by atoms with Gasteiger partial charge in [-0.3, -0.25) is 0 Å². The fourth-order valence-corrected chi connectivity index (χ4v) is 7.87. The topological polar surface area (TPSA) is 162 Å². The van der Waals surface area contributed by atoms with Crippen molar-refractivity contribution in [2.45, 2.75) is 58.8 Å². The van der Waals surface area contributed by atoms with Crippen LogP contribution in [0.15, 0.2) is 78.6 Å². The van der Waals surface area contributed by atoms with Crippen molar-refractivity contribution in [1.82, 2.24) is 20.4 Å². The predicted molar refractivity (Wildman–Crippen MR) is 233 cm³/mol. The molecule has 0 aliphatic carbocycles. The molecule has 2 heterocycles. The Balaban J connectivity index is 0.000000270. The largest absolute Gasteiger partial charge is 0.508 e. The minimum Gasteiger partial charge on any atom is -0.508 e. The van der Waals surface area contributed by atoms with Gasteiger partial charge in [0.2, 0.25) is 5.88 Å². The van der Waals surface area contributed by atoms with Crippen LogP contribution in [0.25, 0.3) is 0 Å². The van der Waals surface area contributed by atoms with Crippen LogP contribution in [-0.4, -0.2) is 65.7 Å². The SMILES string of the molecule is CC(C)c1cc(Cl)nnc1Cl.CC(C)c1cc(Oc2c(Br)cc(CCO)cc2Br)nnc1Cl.OCCc1cc(Br)c(O)c(Br)c1.OCCc1ccc(O)cc1. The number of aliphatic hydroxyl groups is 3. The van der Waals surface area contributed by atoms with Gasteiger partial charge >= 0.3 is 0 Å². The van der Waals surface area contributed by atoms with E-state index in [-0.39, 0.29) is 37.2 Å². The number of ether oxygens (including phenoxy) is 1. The monoisotopic (exact) mass is 1070 g/mol. The number of aromatic hydroxyl groups is 2. The molecule has 0 saturated heterocycles. The zero-order valence-corrected chi connectivity index (χ0v) is 38.9. The quantitative estimate of drug-likeness (QED) is 0.0910. The Bertz CT molecular complexity index is 1920. The Hall–Kier alpha value is -2.11. The Morgan fingerprint density at radius 3 is 1.42 bits per heavy atom. The smallest absolute Gasteiger partial charge is 0.239 e. The number of phenols is 2. The maximum atomic E-state index is 9.34. The van der Waals surface area contributed by atoms with Crippen molar-refractivity contribution < 1.29 is 30.3 Å². The highest BCUT2D eigenvalue weighted by atomic mass is 79.9. The summed E-state index contributed by atoms with van der Waals surface area (Å²) in [7, 11) is 0. The summed E-state index contributed by atoms with van der Waals surface area (Å²) in [4.78, 5) is 0. The number of aliphatic hydroxyl groups excluding tert-OH is 3. The Morgan fingerprint density at radius 2 is 0.982 bits per heavy atom. The summed E-state index contributed by atoms with van der Waals surface area (Å²) in [5.41, 5.74) is 4.84. The Kier molecular flexibility index (Phi) is 22.6. The molecular weight excluding hydrogens is 1030 g/mol. The first kappa shape index (κ1) is 49.0. The molecule has 298 valence electrons. The first-order valence-electron chi connectivity index (χ1n) is 16.7. The van der Waals surface area contributed by atoms with Gasteiger partial charge in [0.25, 0.3) is 0 Å². The van der Waals surface area contributed by atoms with Gasteiger partial charge in [0.1, 0.15) is 11.5 Å². The lowest BCUT2D eigenvalue weighted by atomic mass is 10.1. The normalized spacial score (nSPS) is 10.5. The van der Waals surface area contributed by atoms with Crippen LogP contribution in [0.4, 0.5) is 0 Å². The second kappa shape index (κ2) is 25.3. The minimum atomic E-state index is 0.0967. The van der Waals surface area contributed by atoms with Gasteiger partial charge in [-0.1, -0.05) is 74.6 Å². The highest BCUT2D eigenvalue weighted by Crippen LogP contribution is 2.38. The van der Waals surface area contributed by atoms with Crippen molar-refractivity contribution in [2.75, 3.05) is 19.8 Å². The number of hydrogen-bond acceptors (Lipinski definition) is 10. The van der Waals surface area contributed by atoms with E-state index in [1.807, 2.05) is 39.8 Å². The van der Waals surface area contributed by atoms with Gasteiger partial charge < -0.3 is 30.3 Å². The summed E-state index contributed by atoms with van der Waals surface area (Å²) in [6.07, 6.45) is 1.83. The highest BCUT2D eigenvalue weighted by Gasteiger charge is 2.14. The van der Waals surface area contributed by atoms with E-state index >= 15 is 0 Å². The first-order valence-corrected chi connectivity index (χ1v) is 21.0. The number of phenolic OH excluding ortho intramolecular Hbond substituents is 2. The van der Waals surface area contributed by atoms with Crippen molar-refractivity contribution >= 4 is 98.5 Å². The zero-order chi connectivity index (χ0) is 41.2. The lowest BCUT2D eigenvalue weighted by Crippen LogP contribution is -1.99. The van der Waals surface area contributed by atoms with E-state index in [1.54, 1.807) is 48.5 Å². The molecule has 0 atom stereocenters. The van der Waals surface area contributed by atoms with E-state index in [0.717, 1.165) is 36.8 Å². The fraction of sp³-hybridized carbons (Fsp3) is 0.316. The van der Waals surface area contributed by atoms with Gasteiger partial charge in [-0.05, 0) is 165 Å². The number of aromatic nitrogens is 4. The van der Waals surface area contributed by atoms with Crippen molar-refractivity contribution in [3.63, 3.8) is 0 Å². The van der Waals surface area contributed by atoms with Crippen LogP contribution >= 0.6 is 98.5 Å². The van der Waals surface area contributed by atoms with Crippen molar-refractivity contribution in [1.29, 1.82) is 0 Å². The van der Waals surface area contributed by atoms with Crippen LogP contribution in [0.1, 0.15) is 67.3 Å². The van der Waals surface area contributed by atoms with Crippen LogP contribution in [0.2, 0.25) is 15.5 Å². The first-order chi connectivity index (χ1) is 26.0. The van der Waals surface area contributed by atoms with Crippen molar-refractivity contribution in [2.24, 2.45) is 0 Å². The number of nitrogens with zero attached hydrogens (tertiary/aromatic N) is 4. The molecular formula is C38H41Br4Cl3N4O6. The molecule has 5 aromatic rings. The van der Waals surface area contributed by atoms with Crippen LogP contribution in [-0.2, 0) is 19.3 Å². The highest BCUT2D eigenvalue weighted by molar-refractivity contribution is 9.11. The van der Waals surface area contributed by atoms with Gasteiger partial charge in [0.15, 0.2) is 21.2 Å². The average Bonchev–Trinajstić information content (AvgIpc) is 3.12. The van der Waals surface area contributed by atoms with Gasteiger partial charge in [-0.2, -0.15) is 0 Å². The molecule has 0 aliphatic rings. The molecule has 0 saturated carbocycles. The molecule has 2 aromatic heterocycles. The van der Waals surface area contributed by atoms with Crippen LogP contribution in [0, 0.1) is 0 Å². The number of benzene rings is 3. The third kappa shape index (κ3) is 17.1. The van der Waals surface area contributed by atoms with Gasteiger partial charge in [-0.25, -0.2) is 0 Å². The van der Waals surface area contributed by atoms with Crippen LogP contribution < -0.4 is 4.74 Å². The Morgan fingerprint density at radius 1 is 0.564 bits per heavy atom. The molecule has 55 heavy (non-hydrogen) atoms. The maximum absolute atomic E-state index is 9.34. The Labute approximate surface area is 369 Å². The standard InChI is InChI=1S/C15H15Br2ClN2O2.C8H8Br2O2.C8H10O2.C7H8Cl2N2/c1-8(2)10-7-13(19-20-15(10)18)22-14-11(16)5-9(3-4-21)6-12(14)17;9-6-3-5(1-2-11)4-7(10)8(6)12;9-6-5-7-1-3-8(10)4-2-7;1-4(2)5-3-6(8)10-11-7(5)9/h5-8,21H,3-4H2,1-2H3;3-4,11-12H,1-2H2;1-4,9-10H,5-6H2;3-4H,1-2H3. The third-order valence-electron chi connectivity index (χ3n) is 7.22. The zero-order valence-electron chi connectivity index (χ0n) is 30.2. The summed E-state index contributed by atoms with van der Waals surface area (Å²) in [6.45, 7) is 8.48. The molecule has 5 rings (SSSR count). The van der Waals surface area contributed by atoms with Crippen molar-refractivity contribution in [3.05, 3.63) is 122 Å². The summed E-state index contributed by atoms with van der Waals surface area (Å²) in [5, 5.41) is 60.8. The fourth-order valence-electron chi connectivity index (χ4n) is 4.37. The summed E-state index contributed by atoms with van der Waals surface area (Å²) in [6, 6.07) is 17.7. The second-order valence-corrected chi connectivity index (χ2v) is 16.7. The summed E-state index contributed by atoms with van der Waals surface area (Å²) < 4.78 is 8.65. The molecule has 0 radical (unpaired) electrons. The van der Waals surface area contributed by atoms with E-state index in [4.69, 9.17) is 60.0 Å². The lowest BCUT2D eigenvalue weighted by Gasteiger charge is -2.13. The second-order valence-electron chi connectivity index (χ2n) is 12.1. The molecule has 0 amide bonds. The van der Waals surface area contributed by atoms with Gasteiger partial charge in [0.05, 0.1) is 17.9 Å². The molecule has 0 bridgehead atoms. The van der Waals surface area contributed by atoms with E-state index in [0.29, 0.717) is 61.2 Å². The van der Waals surface area contributed by atoms with Gasteiger partial charge in [-0.15, -0.1) is 20.4 Å². The maximum Gasteiger partial charge on any atom is 0.239 e. The number of rotatable bonds is 10. The van der Waals surface area contributed by atoms with E-state index < -0.39 is 0 Å². The lowest BCUT2D eigenvalue weighted by molar-refractivity contribution is 0.299. The molecule has 10 nitrogen and oxygen atoms in total. The van der Waals surface area contributed by atoms with E-state index in [1.165, 1.54) is 0 Å². The summed E-state index contributed by atoms with van der Waals surface area (Å²) in [5.74, 6) is 2.00. The molecule has 17 heteroatoms. The molecule has 0 spiro atoms. The van der Waals surface area contributed by atoms with Gasteiger partial charge in [0, 0.05) is 25.9 Å². The average molecular weight is 1080 g/mol. The van der Waals surface area contributed by atoms with Crippen molar-refractivity contribution in [3.8, 4) is 23.1 Å². The molecule has 3 aromatic carbocycles. The summed E-state index contributed by atoms with van der Waals surface area (Å²) >= 11 is 30.8. The number of halogens is 7. The van der Waals surface area contributed by atoms with Crippen LogP contribution in [0.5, 0.6) is 23.1 Å². The predicted octanol–water partition coefficient (Wildman–Crippen LogP) is 11.4. The molecule has 0 fully saturated rings. The van der Waals surface area contributed by atoms with Crippen LogP contribution in [0.3, 0.4) is 0 Å². The molecule has 0 unspecified atom stereocenters. The third-order valence-corrected chi connectivity index (χ3v) is 10.4. The molecule has 5 N–H and O–H groups in total. The number of hydrogen-bond donors (Lipinski definition) is 5. The van der Waals surface area contributed by atoms with E-state index in [2.05, 4.69) is 84.1 Å². The minimum absolute atomic E-state index is 0.0967. The van der Waals surface area contributed by atoms with E-state index in [9.17, 15) is 5.11 Å².